The van der Waals surface area contributed by atoms with Gasteiger partial charge in [-0.25, -0.2) is 0 Å². The molecule has 0 bridgehead atoms. The van der Waals surface area contributed by atoms with E-state index in [4.69, 9.17) is 8.85 Å². The van der Waals surface area contributed by atoms with E-state index in [2.05, 4.69) is 37.4 Å². The predicted octanol–water partition coefficient (Wildman–Crippen LogP) is 4.02. The Kier molecular flexibility index (Phi) is 6.33. The van der Waals surface area contributed by atoms with Crippen LogP contribution in [0.15, 0.2) is 30.8 Å². The lowest BCUT2D eigenvalue weighted by Crippen LogP contribution is -2.39. The van der Waals surface area contributed by atoms with Crippen LogP contribution in [0.3, 0.4) is 0 Å². The number of rotatable bonds is 8. The van der Waals surface area contributed by atoms with Crippen molar-refractivity contribution in [2.75, 3.05) is 13.2 Å². The molecule has 0 N–H and O–H groups in total. The highest BCUT2D eigenvalue weighted by atomic mass is 28.4. The summed E-state index contributed by atoms with van der Waals surface area (Å²) < 4.78 is 11.7. The van der Waals surface area contributed by atoms with Gasteiger partial charge in [-0.15, -0.1) is 0 Å². The summed E-state index contributed by atoms with van der Waals surface area (Å²) in [5.41, 5.74) is 2.49. The van der Waals surface area contributed by atoms with Crippen molar-refractivity contribution >= 4 is 14.6 Å². The van der Waals surface area contributed by atoms with Gasteiger partial charge < -0.3 is 8.85 Å². The maximum atomic E-state index is 5.84. The van der Waals surface area contributed by atoms with Crippen LogP contribution in [0.2, 0.25) is 12.6 Å². The van der Waals surface area contributed by atoms with Crippen molar-refractivity contribution in [1.82, 2.24) is 0 Å². The third-order valence-corrected chi connectivity index (χ3v) is 5.91. The van der Waals surface area contributed by atoms with Gasteiger partial charge in [0.25, 0.3) is 0 Å². The van der Waals surface area contributed by atoms with E-state index in [9.17, 15) is 0 Å². The molecule has 2 nitrogen and oxygen atoms in total. The van der Waals surface area contributed by atoms with Crippen LogP contribution >= 0.6 is 0 Å². The second kappa shape index (κ2) is 7.51. The Bertz CT molecular complexity index is 371. The number of hydrogen-bond acceptors (Lipinski definition) is 2. The van der Waals surface area contributed by atoms with Crippen molar-refractivity contribution in [3.63, 3.8) is 0 Å². The number of hydrogen-bond donors (Lipinski definition) is 0. The first-order chi connectivity index (χ1) is 8.63. The normalized spacial score (nSPS) is 11.5. The molecule has 0 saturated carbocycles. The van der Waals surface area contributed by atoms with E-state index >= 15 is 0 Å². The number of aryl methyl sites for hydroxylation is 1. The van der Waals surface area contributed by atoms with Gasteiger partial charge in [-0.3, -0.25) is 0 Å². The van der Waals surface area contributed by atoms with Crippen LogP contribution in [0.1, 0.15) is 25.0 Å². The summed E-state index contributed by atoms with van der Waals surface area (Å²) in [6.07, 6.45) is 2.88. The second-order valence-corrected chi connectivity index (χ2v) is 7.79. The molecule has 0 atom stereocenters. The zero-order valence-electron chi connectivity index (χ0n) is 11.7. The highest BCUT2D eigenvalue weighted by Crippen LogP contribution is 2.18. The summed E-state index contributed by atoms with van der Waals surface area (Å²) in [7, 11) is -1.99. The van der Waals surface area contributed by atoms with E-state index in [0.29, 0.717) is 0 Å². The molecule has 0 fully saturated rings. The Morgan fingerprint density at radius 1 is 1.22 bits per heavy atom. The van der Waals surface area contributed by atoms with Crippen LogP contribution in [-0.4, -0.2) is 21.8 Å². The van der Waals surface area contributed by atoms with Gasteiger partial charge >= 0.3 is 8.56 Å². The highest BCUT2D eigenvalue weighted by Gasteiger charge is 2.30. The van der Waals surface area contributed by atoms with Gasteiger partial charge in [0.15, 0.2) is 0 Å². The summed E-state index contributed by atoms with van der Waals surface area (Å²) in [5, 5.41) is 0. The third-order valence-electron chi connectivity index (χ3n) is 2.95. The van der Waals surface area contributed by atoms with Gasteiger partial charge in [-0.2, -0.15) is 0 Å². The Morgan fingerprint density at radius 2 is 1.89 bits per heavy atom. The fraction of sp³-hybridized carbons (Fsp3) is 0.467. The Labute approximate surface area is 112 Å². The largest absolute Gasteiger partial charge is 0.395 e. The summed E-state index contributed by atoms with van der Waals surface area (Å²) in [6.45, 7) is 11.5. The van der Waals surface area contributed by atoms with Crippen LogP contribution < -0.4 is 0 Å². The maximum Gasteiger partial charge on any atom is 0.335 e. The fourth-order valence-electron chi connectivity index (χ4n) is 2.04. The van der Waals surface area contributed by atoms with E-state index in [1.807, 2.05) is 19.9 Å². The summed E-state index contributed by atoms with van der Waals surface area (Å²) >= 11 is 0. The summed E-state index contributed by atoms with van der Waals surface area (Å²) in [5.74, 6) is 0. The van der Waals surface area contributed by atoms with Crippen LogP contribution in [0.4, 0.5) is 0 Å². The third kappa shape index (κ3) is 4.76. The molecule has 0 spiro atoms. The molecule has 0 heterocycles. The lowest BCUT2D eigenvalue weighted by Gasteiger charge is -2.26. The molecular weight excluding hydrogens is 240 g/mol. The molecule has 18 heavy (non-hydrogen) atoms. The van der Waals surface area contributed by atoms with E-state index < -0.39 is 8.56 Å². The molecular formula is C15H24O2Si. The van der Waals surface area contributed by atoms with Crippen molar-refractivity contribution in [3.05, 3.63) is 42.0 Å². The van der Waals surface area contributed by atoms with Crippen LogP contribution in [0, 0.1) is 0 Å². The molecule has 0 saturated heterocycles. The van der Waals surface area contributed by atoms with Crippen molar-refractivity contribution in [1.29, 1.82) is 0 Å². The minimum Gasteiger partial charge on any atom is -0.395 e. The lowest BCUT2D eigenvalue weighted by molar-refractivity contribution is 0.189. The summed E-state index contributed by atoms with van der Waals surface area (Å²) in [6, 6.07) is 9.47. The molecule has 0 aliphatic rings. The highest BCUT2D eigenvalue weighted by molar-refractivity contribution is 6.66. The zero-order chi connectivity index (χ0) is 13.4. The Balaban J connectivity index is 2.63. The van der Waals surface area contributed by atoms with Crippen molar-refractivity contribution in [3.8, 4) is 0 Å². The molecule has 3 heteroatoms. The van der Waals surface area contributed by atoms with Crippen LogP contribution in [0.5, 0.6) is 0 Å². The Hall–Kier alpha value is -0.903. The minimum absolute atomic E-state index is 0.732. The van der Waals surface area contributed by atoms with Gasteiger partial charge in [0.1, 0.15) is 0 Å². The zero-order valence-corrected chi connectivity index (χ0v) is 12.7. The van der Waals surface area contributed by atoms with Gasteiger partial charge in [0, 0.05) is 13.2 Å². The van der Waals surface area contributed by atoms with Gasteiger partial charge in [0.05, 0.1) is 0 Å². The lowest BCUT2D eigenvalue weighted by atomic mass is 10.1. The van der Waals surface area contributed by atoms with E-state index in [-0.39, 0.29) is 0 Å². The van der Waals surface area contributed by atoms with E-state index in [0.717, 1.165) is 25.7 Å². The van der Waals surface area contributed by atoms with Crippen LogP contribution in [-0.2, 0) is 15.3 Å². The van der Waals surface area contributed by atoms with Gasteiger partial charge in [-0.05, 0) is 44.0 Å². The maximum absolute atomic E-state index is 5.84. The molecule has 0 aromatic heterocycles. The molecule has 0 aliphatic carbocycles. The molecule has 0 unspecified atom stereocenters. The smallest absolute Gasteiger partial charge is 0.335 e. The van der Waals surface area contributed by atoms with Crippen LogP contribution in [0.25, 0.3) is 6.08 Å². The monoisotopic (exact) mass is 264 g/mol. The molecule has 1 aromatic rings. The van der Waals surface area contributed by atoms with Gasteiger partial charge in [0.2, 0.25) is 0 Å². The van der Waals surface area contributed by atoms with Crippen molar-refractivity contribution in [2.45, 2.75) is 32.9 Å². The molecule has 0 amide bonds. The van der Waals surface area contributed by atoms with E-state index in [1.165, 1.54) is 11.1 Å². The minimum atomic E-state index is -1.99. The standard InChI is InChI=1S/C15H24O2Si/c1-5-14-9-8-10-15(13-14)11-12-18(4,16-6-2)17-7-3/h5,8-10,13H,1,6-7,11-12H2,2-4H3. The second-order valence-electron chi connectivity index (χ2n) is 4.45. The quantitative estimate of drug-likeness (QED) is 0.660. The van der Waals surface area contributed by atoms with Gasteiger partial charge in [-0.1, -0.05) is 36.9 Å². The van der Waals surface area contributed by atoms with Crippen molar-refractivity contribution < 1.29 is 8.85 Å². The molecule has 100 valence electrons. The average Bonchev–Trinajstić information content (AvgIpc) is 2.37. The predicted molar refractivity (Wildman–Crippen MR) is 79.9 cm³/mol. The fourth-order valence-corrected chi connectivity index (χ4v) is 4.38. The molecule has 1 aromatic carbocycles. The molecule has 0 radical (unpaired) electrons. The first-order valence-electron chi connectivity index (χ1n) is 6.63. The summed E-state index contributed by atoms with van der Waals surface area (Å²) in [4.78, 5) is 0. The van der Waals surface area contributed by atoms with Crippen molar-refractivity contribution in [2.24, 2.45) is 0 Å². The first kappa shape index (κ1) is 15.2. The molecule has 0 aliphatic heterocycles. The topological polar surface area (TPSA) is 18.5 Å². The molecule has 1 rings (SSSR count). The average molecular weight is 264 g/mol. The SMILES string of the molecule is C=Cc1cccc(CC[Si](C)(OCC)OCC)c1. The first-order valence-corrected chi connectivity index (χ1v) is 9.15. The van der Waals surface area contributed by atoms with E-state index in [1.54, 1.807) is 0 Å². The Morgan fingerprint density at radius 3 is 2.44 bits per heavy atom. The number of benzene rings is 1.